The highest BCUT2D eigenvalue weighted by molar-refractivity contribution is 5.67. The van der Waals surface area contributed by atoms with Crippen LogP contribution in [0.15, 0.2) is 24.3 Å². The molecule has 0 aliphatic carbocycles. The second-order valence-corrected chi connectivity index (χ2v) is 6.71. The molecule has 1 aromatic carbocycles. The van der Waals surface area contributed by atoms with Gasteiger partial charge in [-0.15, -0.1) is 0 Å². The van der Waals surface area contributed by atoms with Crippen LogP contribution in [0.2, 0.25) is 0 Å². The van der Waals surface area contributed by atoms with Crippen molar-refractivity contribution >= 4 is 6.09 Å². The van der Waals surface area contributed by atoms with Crippen molar-refractivity contribution in [3.63, 3.8) is 0 Å². The number of hydrogen-bond donors (Lipinski definition) is 1. The van der Waals surface area contributed by atoms with Gasteiger partial charge >= 0.3 is 6.09 Å². The lowest BCUT2D eigenvalue weighted by molar-refractivity contribution is 0.0523. The number of hydrogen-bond acceptors (Lipinski definition) is 3. The van der Waals surface area contributed by atoms with Crippen molar-refractivity contribution in [3.8, 4) is 5.75 Å². The Kier molecular flexibility index (Phi) is 7.22. The van der Waals surface area contributed by atoms with Gasteiger partial charge in [-0.1, -0.05) is 32.4 Å². The molecule has 0 radical (unpaired) electrons. The molecule has 1 atom stereocenters. The van der Waals surface area contributed by atoms with Gasteiger partial charge in [-0.3, -0.25) is 0 Å². The fraction of sp³-hybridized carbons (Fsp3) is 0.611. The van der Waals surface area contributed by atoms with Crippen LogP contribution in [0, 0.1) is 5.92 Å². The molecule has 0 heterocycles. The van der Waals surface area contributed by atoms with Crippen molar-refractivity contribution in [1.82, 2.24) is 5.32 Å². The van der Waals surface area contributed by atoms with Crippen molar-refractivity contribution in [1.29, 1.82) is 0 Å². The van der Waals surface area contributed by atoms with Crippen LogP contribution in [0.25, 0.3) is 0 Å². The molecule has 1 unspecified atom stereocenters. The van der Waals surface area contributed by atoms with E-state index < -0.39 is 11.7 Å². The van der Waals surface area contributed by atoms with Gasteiger partial charge < -0.3 is 14.8 Å². The summed E-state index contributed by atoms with van der Waals surface area (Å²) in [6, 6.07) is 7.79. The Hall–Kier alpha value is -1.71. The van der Waals surface area contributed by atoms with Crippen LogP contribution in [0.5, 0.6) is 5.75 Å². The molecular weight excluding hydrogens is 278 g/mol. The first-order valence-electron chi connectivity index (χ1n) is 7.98. The van der Waals surface area contributed by atoms with Gasteiger partial charge in [-0.05, 0) is 50.8 Å². The highest BCUT2D eigenvalue weighted by atomic mass is 16.6. The molecule has 4 heteroatoms. The van der Waals surface area contributed by atoms with Gasteiger partial charge in [0.2, 0.25) is 0 Å². The number of rotatable bonds is 7. The van der Waals surface area contributed by atoms with Crippen LogP contribution in [-0.4, -0.2) is 18.3 Å². The summed E-state index contributed by atoms with van der Waals surface area (Å²) < 4.78 is 11.0. The number of amides is 1. The van der Waals surface area contributed by atoms with Crippen LogP contribution in [0.4, 0.5) is 4.79 Å². The van der Waals surface area contributed by atoms with Gasteiger partial charge in [0, 0.05) is 6.54 Å². The van der Waals surface area contributed by atoms with Crippen molar-refractivity contribution in [2.45, 2.75) is 59.6 Å². The molecule has 0 spiro atoms. The number of benzene rings is 1. The molecule has 0 aliphatic rings. The van der Waals surface area contributed by atoms with Crippen LogP contribution >= 0.6 is 0 Å². The molecule has 0 bridgehead atoms. The maximum atomic E-state index is 11.6. The Morgan fingerprint density at radius 1 is 1.32 bits per heavy atom. The largest absolute Gasteiger partial charge is 0.493 e. The van der Waals surface area contributed by atoms with Gasteiger partial charge in [0.1, 0.15) is 11.4 Å². The summed E-state index contributed by atoms with van der Waals surface area (Å²) in [5, 5.41) is 2.75. The predicted octanol–water partition coefficient (Wildman–Crippen LogP) is 4.53. The summed E-state index contributed by atoms with van der Waals surface area (Å²) in [5.74, 6) is 1.39. The molecule has 0 saturated heterocycles. The van der Waals surface area contributed by atoms with E-state index in [1.54, 1.807) is 0 Å². The van der Waals surface area contributed by atoms with E-state index in [4.69, 9.17) is 9.47 Å². The summed E-state index contributed by atoms with van der Waals surface area (Å²) in [4.78, 5) is 11.6. The minimum Gasteiger partial charge on any atom is -0.493 e. The summed E-state index contributed by atoms with van der Waals surface area (Å²) in [6.07, 6.45) is 1.93. The minimum atomic E-state index is -0.482. The Labute approximate surface area is 134 Å². The van der Waals surface area contributed by atoms with Crippen molar-refractivity contribution in [2.24, 2.45) is 5.92 Å². The van der Waals surface area contributed by atoms with E-state index >= 15 is 0 Å². The van der Waals surface area contributed by atoms with Crippen LogP contribution in [-0.2, 0) is 11.3 Å². The molecule has 0 aliphatic heterocycles. The number of ether oxygens (including phenoxy) is 2. The van der Waals surface area contributed by atoms with E-state index in [1.807, 2.05) is 45.0 Å². The molecular formula is C18H29NO3. The lowest BCUT2D eigenvalue weighted by atomic mass is 10.1. The first-order chi connectivity index (χ1) is 10.3. The van der Waals surface area contributed by atoms with E-state index in [-0.39, 0.29) is 0 Å². The molecule has 1 amide bonds. The maximum absolute atomic E-state index is 11.6. The number of carbonyl (C=O) groups excluding carboxylic acids is 1. The topological polar surface area (TPSA) is 47.6 Å². The van der Waals surface area contributed by atoms with Crippen LogP contribution in [0.3, 0.4) is 0 Å². The highest BCUT2D eigenvalue weighted by Crippen LogP contribution is 2.16. The second kappa shape index (κ2) is 8.66. The first-order valence-corrected chi connectivity index (χ1v) is 7.98. The zero-order valence-electron chi connectivity index (χ0n) is 14.4. The summed E-state index contributed by atoms with van der Waals surface area (Å²) in [6.45, 7) is 11.1. The smallest absolute Gasteiger partial charge is 0.407 e. The van der Waals surface area contributed by atoms with Gasteiger partial charge in [0.05, 0.1) is 6.61 Å². The Bertz CT molecular complexity index is 466. The molecule has 124 valence electrons. The third-order valence-corrected chi connectivity index (χ3v) is 3.05. The summed E-state index contributed by atoms with van der Waals surface area (Å²) in [7, 11) is 0. The van der Waals surface area contributed by atoms with E-state index in [1.165, 1.54) is 12.8 Å². The van der Waals surface area contributed by atoms with Crippen molar-refractivity contribution in [3.05, 3.63) is 29.8 Å². The second-order valence-electron chi connectivity index (χ2n) is 6.71. The molecule has 0 fully saturated rings. The first kappa shape index (κ1) is 18.3. The van der Waals surface area contributed by atoms with E-state index in [2.05, 4.69) is 19.2 Å². The quantitative estimate of drug-likeness (QED) is 0.805. The minimum absolute atomic E-state index is 0.407. The predicted molar refractivity (Wildman–Crippen MR) is 89.1 cm³/mol. The zero-order chi connectivity index (χ0) is 16.6. The summed E-state index contributed by atoms with van der Waals surface area (Å²) in [5.41, 5.74) is 0.510. The molecule has 22 heavy (non-hydrogen) atoms. The van der Waals surface area contributed by atoms with E-state index in [0.29, 0.717) is 12.5 Å². The molecule has 4 nitrogen and oxygen atoms in total. The zero-order valence-corrected chi connectivity index (χ0v) is 14.4. The Morgan fingerprint density at radius 3 is 2.68 bits per heavy atom. The Balaban J connectivity index is 2.45. The van der Waals surface area contributed by atoms with Gasteiger partial charge in [0.15, 0.2) is 0 Å². The SMILES string of the molecule is CCCC(C)COc1cccc(CNC(=O)OC(C)(C)C)c1. The van der Waals surface area contributed by atoms with Gasteiger partial charge in [0.25, 0.3) is 0 Å². The van der Waals surface area contributed by atoms with E-state index in [0.717, 1.165) is 17.9 Å². The standard InChI is InChI=1S/C18H29NO3/c1-6-8-14(2)13-21-16-10-7-9-15(11-16)12-19-17(20)22-18(3,4)5/h7,9-11,14H,6,8,12-13H2,1-5H3,(H,19,20). The van der Waals surface area contributed by atoms with E-state index in [9.17, 15) is 4.79 Å². The average molecular weight is 307 g/mol. The normalized spacial score (nSPS) is 12.6. The Morgan fingerprint density at radius 2 is 2.05 bits per heavy atom. The van der Waals surface area contributed by atoms with Crippen LogP contribution < -0.4 is 10.1 Å². The summed E-state index contributed by atoms with van der Waals surface area (Å²) >= 11 is 0. The van der Waals surface area contributed by atoms with Crippen molar-refractivity contribution in [2.75, 3.05) is 6.61 Å². The fourth-order valence-electron chi connectivity index (χ4n) is 2.05. The third kappa shape index (κ3) is 7.91. The van der Waals surface area contributed by atoms with Gasteiger partial charge in [-0.2, -0.15) is 0 Å². The molecule has 1 rings (SSSR count). The highest BCUT2D eigenvalue weighted by Gasteiger charge is 2.15. The average Bonchev–Trinajstić information content (AvgIpc) is 2.42. The molecule has 0 saturated carbocycles. The maximum Gasteiger partial charge on any atom is 0.407 e. The monoisotopic (exact) mass is 307 g/mol. The lowest BCUT2D eigenvalue weighted by Gasteiger charge is -2.19. The number of carbonyl (C=O) groups is 1. The fourth-order valence-corrected chi connectivity index (χ4v) is 2.05. The van der Waals surface area contributed by atoms with Gasteiger partial charge in [-0.25, -0.2) is 4.79 Å². The molecule has 0 aromatic heterocycles. The molecule has 1 aromatic rings. The number of alkyl carbamates (subject to hydrolysis) is 1. The third-order valence-electron chi connectivity index (χ3n) is 3.05. The molecule has 1 N–H and O–H groups in total. The van der Waals surface area contributed by atoms with Crippen molar-refractivity contribution < 1.29 is 14.3 Å². The van der Waals surface area contributed by atoms with Crippen LogP contribution in [0.1, 0.15) is 53.0 Å². The number of nitrogens with one attached hydrogen (secondary N) is 1. The lowest BCUT2D eigenvalue weighted by Crippen LogP contribution is -2.32.